The van der Waals surface area contributed by atoms with Gasteiger partial charge in [0.2, 0.25) is 0 Å². The van der Waals surface area contributed by atoms with Gasteiger partial charge in [-0.3, -0.25) is 4.99 Å². The number of guanidine groups is 1. The van der Waals surface area contributed by atoms with Gasteiger partial charge < -0.3 is 20.1 Å². The molecule has 7 heteroatoms. The number of ether oxygens (including phenoxy) is 2. The van der Waals surface area contributed by atoms with Gasteiger partial charge in [0.1, 0.15) is 18.2 Å². The Bertz CT molecular complexity index is 724. The van der Waals surface area contributed by atoms with E-state index in [0.717, 1.165) is 22.4 Å². The number of halogens is 2. The van der Waals surface area contributed by atoms with Crippen LogP contribution in [0.3, 0.4) is 0 Å². The molecule has 0 heterocycles. The molecule has 0 atom stereocenters. The molecule has 0 aliphatic heterocycles. The Kier molecular flexibility index (Phi) is 10.7. The molecule has 27 heavy (non-hydrogen) atoms. The maximum Gasteiger partial charge on any atom is 0.191 e. The number of rotatable bonds is 8. The Morgan fingerprint density at radius 1 is 1.04 bits per heavy atom. The first kappa shape index (κ1) is 23.2. The van der Waals surface area contributed by atoms with Crippen molar-refractivity contribution in [3.05, 3.63) is 65.0 Å². The van der Waals surface area contributed by atoms with E-state index >= 15 is 0 Å². The molecule has 0 aliphatic rings. The predicted molar refractivity (Wildman–Crippen MR) is 117 cm³/mol. The first-order valence-electron chi connectivity index (χ1n) is 8.52. The average Bonchev–Trinajstić information content (AvgIpc) is 2.65. The molecule has 2 N–H and O–H groups in total. The minimum Gasteiger partial charge on any atom is -0.491 e. The summed E-state index contributed by atoms with van der Waals surface area (Å²) >= 11 is 0. The molecule has 2 aromatic rings. The molecule has 0 spiro atoms. The summed E-state index contributed by atoms with van der Waals surface area (Å²) in [7, 11) is 3.37. The normalized spacial score (nSPS) is 10.9. The van der Waals surface area contributed by atoms with Crippen LogP contribution in [-0.4, -0.2) is 33.3 Å². The van der Waals surface area contributed by atoms with E-state index in [0.29, 0.717) is 32.3 Å². The van der Waals surface area contributed by atoms with E-state index < -0.39 is 0 Å². The minimum absolute atomic E-state index is 0. The Morgan fingerprint density at radius 2 is 1.74 bits per heavy atom. The van der Waals surface area contributed by atoms with E-state index in [1.807, 2.05) is 19.1 Å². The van der Waals surface area contributed by atoms with Crippen molar-refractivity contribution in [2.24, 2.45) is 4.99 Å². The van der Waals surface area contributed by atoms with Crippen molar-refractivity contribution in [2.75, 3.05) is 27.4 Å². The van der Waals surface area contributed by atoms with E-state index in [-0.39, 0.29) is 29.8 Å². The molecule has 0 saturated carbocycles. The molecule has 0 unspecified atom stereocenters. The molecule has 2 aromatic carbocycles. The van der Waals surface area contributed by atoms with Crippen LogP contribution >= 0.6 is 24.0 Å². The van der Waals surface area contributed by atoms with E-state index in [1.54, 1.807) is 26.3 Å². The van der Waals surface area contributed by atoms with Crippen LogP contribution in [0.1, 0.15) is 16.7 Å². The van der Waals surface area contributed by atoms with Crippen LogP contribution < -0.4 is 15.4 Å². The minimum atomic E-state index is -0.239. The number of hydrogen-bond acceptors (Lipinski definition) is 3. The van der Waals surface area contributed by atoms with Crippen LogP contribution in [0.25, 0.3) is 0 Å². The summed E-state index contributed by atoms with van der Waals surface area (Å²) in [5, 5.41) is 6.49. The third kappa shape index (κ3) is 8.13. The Morgan fingerprint density at radius 3 is 2.41 bits per heavy atom. The van der Waals surface area contributed by atoms with Crippen molar-refractivity contribution >= 4 is 29.9 Å². The maximum absolute atomic E-state index is 13.0. The Hall–Kier alpha value is -1.87. The second kappa shape index (κ2) is 12.5. The Labute approximate surface area is 177 Å². The monoisotopic (exact) mass is 487 g/mol. The lowest BCUT2D eigenvalue weighted by atomic mass is 10.1. The highest BCUT2D eigenvalue weighted by Crippen LogP contribution is 2.20. The summed E-state index contributed by atoms with van der Waals surface area (Å²) in [6.07, 6.45) is 0. The zero-order chi connectivity index (χ0) is 18.8. The second-order valence-corrected chi connectivity index (χ2v) is 5.86. The summed E-state index contributed by atoms with van der Waals surface area (Å²) in [6.45, 7) is 4.21. The van der Waals surface area contributed by atoms with Gasteiger partial charge in [-0.25, -0.2) is 4.39 Å². The topological polar surface area (TPSA) is 54.9 Å². The molecular weight excluding hydrogens is 460 g/mol. The molecule has 0 radical (unpaired) electrons. The fourth-order valence-electron chi connectivity index (χ4n) is 2.36. The summed E-state index contributed by atoms with van der Waals surface area (Å²) < 4.78 is 23.8. The number of hydrogen-bond donors (Lipinski definition) is 2. The van der Waals surface area contributed by atoms with Gasteiger partial charge in [-0.15, -0.1) is 24.0 Å². The smallest absolute Gasteiger partial charge is 0.191 e. The second-order valence-electron chi connectivity index (χ2n) is 5.86. The molecule has 0 bridgehead atoms. The maximum atomic E-state index is 13.0. The molecular formula is C20H27FIN3O2. The van der Waals surface area contributed by atoms with Crippen molar-refractivity contribution in [1.29, 1.82) is 0 Å². The highest BCUT2D eigenvalue weighted by Gasteiger charge is 2.06. The van der Waals surface area contributed by atoms with E-state index in [2.05, 4.69) is 21.7 Å². The third-order valence-corrected chi connectivity index (χ3v) is 3.81. The van der Waals surface area contributed by atoms with Crippen LogP contribution in [0.15, 0.2) is 47.5 Å². The molecule has 0 aromatic heterocycles. The van der Waals surface area contributed by atoms with Gasteiger partial charge in [0.05, 0.1) is 6.61 Å². The molecule has 5 nitrogen and oxygen atoms in total. The van der Waals surface area contributed by atoms with Gasteiger partial charge >= 0.3 is 0 Å². The number of methoxy groups -OCH3 is 1. The molecule has 2 rings (SSSR count). The van der Waals surface area contributed by atoms with E-state index in [4.69, 9.17) is 9.47 Å². The Balaban J connectivity index is 0.00000364. The van der Waals surface area contributed by atoms with E-state index in [1.165, 1.54) is 12.1 Å². The van der Waals surface area contributed by atoms with Crippen LogP contribution in [0.4, 0.5) is 4.39 Å². The number of nitrogens with zero attached hydrogens (tertiary/aromatic N) is 1. The standard InChI is InChI=1S/C20H26FN3O2.HI/c1-15-4-7-17(19(12-15)26-11-10-25-3)14-24-20(22-2)23-13-16-5-8-18(21)9-6-16;/h4-9,12H,10-11,13-14H2,1-3H3,(H2,22,23,24);1H. The van der Waals surface area contributed by atoms with Gasteiger partial charge in [-0.2, -0.15) is 0 Å². The van der Waals surface area contributed by atoms with Crippen molar-refractivity contribution in [3.63, 3.8) is 0 Å². The predicted octanol–water partition coefficient (Wildman–Crippen LogP) is 3.64. The number of aliphatic imine (C=N–C) groups is 1. The number of aryl methyl sites for hydroxylation is 1. The summed E-state index contributed by atoms with van der Waals surface area (Å²) in [5.74, 6) is 1.26. The van der Waals surface area contributed by atoms with E-state index in [9.17, 15) is 4.39 Å². The van der Waals surface area contributed by atoms with Crippen LogP contribution in [0, 0.1) is 12.7 Å². The summed E-state index contributed by atoms with van der Waals surface area (Å²) in [6, 6.07) is 12.5. The highest BCUT2D eigenvalue weighted by molar-refractivity contribution is 14.0. The number of benzene rings is 2. The lowest BCUT2D eigenvalue weighted by molar-refractivity contribution is 0.145. The van der Waals surface area contributed by atoms with Gasteiger partial charge in [-0.1, -0.05) is 24.3 Å². The first-order valence-corrected chi connectivity index (χ1v) is 8.52. The van der Waals surface area contributed by atoms with Crippen molar-refractivity contribution < 1.29 is 13.9 Å². The SMILES string of the molecule is CN=C(NCc1ccc(F)cc1)NCc1ccc(C)cc1OCCOC.I. The molecule has 0 saturated heterocycles. The average molecular weight is 487 g/mol. The van der Waals surface area contributed by atoms with Crippen LogP contribution in [-0.2, 0) is 17.8 Å². The van der Waals surface area contributed by atoms with Gasteiger partial charge in [0.15, 0.2) is 5.96 Å². The van der Waals surface area contributed by atoms with Crippen molar-refractivity contribution in [3.8, 4) is 5.75 Å². The molecule has 0 amide bonds. The van der Waals surface area contributed by atoms with Crippen LogP contribution in [0.2, 0.25) is 0 Å². The zero-order valence-corrected chi connectivity index (χ0v) is 18.3. The fourth-order valence-corrected chi connectivity index (χ4v) is 2.36. The summed E-state index contributed by atoms with van der Waals surface area (Å²) in [5.41, 5.74) is 3.16. The molecule has 0 aliphatic carbocycles. The van der Waals surface area contributed by atoms with Gasteiger partial charge in [0.25, 0.3) is 0 Å². The van der Waals surface area contributed by atoms with Crippen molar-refractivity contribution in [1.82, 2.24) is 10.6 Å². The fraction of sp³-hybridized carbons (Fsp3) is 0.350. The lowest BCUT2D eigenvalue weighted by Crippen LogP contribution is -2.36. The lowest BCUT2D eigenvalue weighted by Gasteiger charge is -2.15. The van der Waals surface area contributed by atoms with Crippen LogP contribution in [0.5, 0.6) is 5.75 Å². The largest absolute Gasteiger partial charge is 0.491 e. The zero-order valence-electron chi connectivity index (χ0n) is 15.9. The third-order valence-electron chi connectivity index (χ3n) is 3.81. The quantitative estimate of drug-likeness (QED) is 0.259. The number of nitrogens with one attached hydrogen (secondary N) is 2. The van der Waals surface area contributed by atoms with Gasteiger partial charge in [-0.05, 0) is 36.2 Å². The highest BCUT2D eigenvalue weighted by atomic mass is 127. The first-order chi connectivity index (χ1) is 12.6. The summed E-state index contributed by atoms with van der Waals surface area (Å²) in [4.78, 5) is 4.22. The van der Waals surface area contributed by atoms with Crippen molar-refractivity contribution in [2.45, 2.75) is 20.0 Å². The molecule has 148 valence electrons. The molecule has 0 fully saturated rings. The van der Waals surface area contributed by atoms with Gasteiger partial charge in [0, 0.05) is 32.8 Å².